The standard InChI is InChI=1S/C18H20N4O5S2/c19-14-16(23)21-15(13(10-29-17(14)21)20-5-7-28-8-6-20)18(24)27-9-11-1-3-12(4-2-11)22(25)26/h1-4,14,17H,5-10,19H2/t14?,17-/m1/s1. The summed E-state index contributed by atoms with van der Waals surface area (Å²) in [6, 6.07) is 5.23. The lowest BCUT2D eigenvalue weighted by Crippen LogP contribution is -2.69. The molecule has 0 aliphatic carbocycles. The van der Waals surface area contributed by atoms with E-state index in [1.165, 1.54) is 17.0 Å². The van der Waals surface area contributed by atoms with Crippen LogP contribution in [0.1, 0.15) is 5.56 Å². The molecule has 154 valence electrons. The first kappa shape index (κ1) is 20.0. The first-order chi connectivity index (χ1) is 14.0. The molecule has 29 heavy (non-hydrogen) atoms. The third kappa shape index (κ3) is 3.81. The number of β-lactam (4-membered cyclic amide) rings is 1. The van der Waals surface area contributed by atoms with Crippen LogP contribution in [-0.4, -0.2) is 68.4 Å². The number of non-ortho nitro benzene ring substituents is 1. The summed E-state index contributed by atoms with van der Waals surface area (Å²) in [4.78, 5) is 39.2. The Morgan fingerprint density at radius 2 is 1.97 bits per heavy atom. The van der Waals surface area contributed by atoms with Gasteiger partial charge in [-0.1, -0.05) is 0 Å². The van der Waals surface area contributed by atoms with Crippen molar-refractivity contribution in [3.63, 3.8) is 0 Å². The molecule has 3 aliphatic heterocycles. The van der Waals surface area contributed by atoms with Gasteiger partial charge in [0, 0.05) is 42.5 Å². The molecule has 2 atom stereocenters. The topological polar surface area (TPSA) is 119 Å². The number of hydrogen-bond acceptors (Lipinski definition) is 9. The van der Waals surface area contributed by atoms with Gasteiger partial charge in [0.15, 0.2) is 5.70 Å². The first-order valence-corrected chi connectivity index (χ1v) is 11.3. The van der Waals surface area contributed by atoms with Crippen molar-refractivity contribution in [2.45, 2.75) is 18.0 Å². The fourth-order valence-corrected chi connectivity index (χ4v) is 5.73. The Balaban J connectivity index is 1.54. The zero-order valence-corrected chi connectivity index (χ0v) is 17.1. The van der Waals surface area contributed by atoms with Crippen LogP contribution >= 0.6 is 23.5 Å². The molecule has 3 aliphatic rings. The number of nitrogens with zero attached hydrogens (tertiary/aromatic N) is 3. The maximum absolute atomic E-state index is 13.0. The van der Waals surface area contributed by atoms with Crippen LogP contribution in [-0.2, 0) is 20.9 Å². The molecule has 1 aromatic rings. The highest BCUT2D eigenvalue weighted by Gasteiger charge is 2.52. The molecular formula is C18H20N4O5S2. The molecule has 0 saturated carbocycles. The molecular weight excluding hydrogens is 416 g/mol. The highest BCUT2D eigenvalue weighted by atomic mass is 32.2. The Morgan fingerprint density at radius 3 is 2.62 bits per heavy atom. The van der Waals surface area contributed by atoms with E-state index in [9.17, 15) is 19.7 Å². The van der Waals surface area contributed by atoms with Gasteiger partial charge in [0.25, 0.3) is 5.69 Å². The second-order valence-electron chi connectivity index (χ2n) is 6.83. The van der Waals surface area contributed by atoms with Gasteiger partial charge in [-0.3, -0.25) is 19.8 Å². The monoisotopic (exact) mass is 436 g/mol. The Morgan fingerprint density at radius 1 is 1.28 bits per heavy atom. The van der Waals surface area contributed by atoms with E-state index < -0.39 is 16.9 Å². The maximum atomic E-state index is 13.0. The summed E-state index contributed by atoms with van der Waals surface area (Å²) in [7, 11) is 0. The van der Waals surface area contributed by atoms with Crippen LogP contribution in [0, 0.1) is 10.1 Å². The van der Waals surface area contributed by atoms with Crippen LogP contribution in [0.3, 0.4) is 0 Å². The molecule has 0 aromatic heterocycles. The number of nitro benzene ring substituents is 1. The van der Waals surface area contributed by atoms with Crippen molar-refractivity contribution in [1.29, 1.82) is 0 Å². The normalized spacial score (nSPS) is 24.1. The van der Waals surface area contributed by atoms with Gasteiger partial charge in [0.1, 0.15) is 18.0 Å². The predicted octanol–water partition coefficient (Wildman–Crippen LogP) is 1.14. The van der Waals surface area contributed by atoms with Crippen LogP contribution in [0.4, 0.5) is 5.69 Å². The van der Waals surface area contributed by atoms with Crippen molar-refractivity contribution in [1.82, 2.24) is 9.80 Å². The Hall–Kier alpha value is -2.24. The van der Waals surface area contributed by atoms with E-state index in [-0.39, 0.29) is 29.3 Å². The van der Waals surface area contributed by atoms with Gasteiger partial charge >= 0.3 is 5.97 Å². The average Bonchev–Trinajstić information content (AvgIpc) is 2.76. The number of amides is 1. The lowest BCUT2D eigenvalue weighted by Gasteiger charge is -2.49. The zero-order valence-electron chi connectivity index (χ0n) is 15.5. The Kier molecular flexibility index (Phi) is 5.70. The summed E-state index contributed by atoms with van der Waals surface area (Å²) in [6.07, 6.45) is 0. The van der Waals surface area contributed by atoms with Crippen molar-refractivity contribution in [3.05, 3.63) is 51.3 Å². The number of carbonyl (C=O) groups excluding carboxylic acids is 2. The van der Waals surface area contributed by atoms with Crippen LogP contribution in [0.25, 0.3) is 0 Å². The van der Waals surface area contributed by atoms with Gasteiger partial charge in [0.05, 0.1) is 10.6 Å². The molecule has 0 spiro atoms. The van der Waals surface area contributed by atoms with Crippen molar-refractivity contribution >= 4 is 41.1 Å². The number of esters is 1. The average molecular weight is 437 g/mol. The molecule has 0 radical (unpaired) electrons. The van der Waals surface area contributed by atoms with E-state index in [4.69, 9.17) is 10.5 Å². The van der Waals surface area contributed by atoms with E-state index >= 15 is 0 Å². The molecule has 2 fully saturated rings. The lowest BCUT2D eigenvalue weighted by molar-refractivity contribution is -0.384. The summed E-state index contributed by atoms with van der Waals surface area (Å²) < 4.78 is 5.48. The molecule has 1 aromatic carbocycles. The molecule has 11 heteroatoms. The number of nitrogens with two attached hydrogens (primary N) is 1. The highest BCUT2D eigenvalue weighted by molar-refractivity contribution is 8.00. The largest absolute Gasteiger partial charge is 0.456 e. The van der Waals surface area contributed by atoms with Gasteiger partial charge in [-0.15, -0.1) is 11.8 Å². The van der Waals surface area contributed by atoms with Gasteiger partial charge < -0.3 is 15.4 Å². The van der Waals surface area contributed by atoms with E-state index in [0.29, 0.717) is 11.3 Å². The highest BCUT2D eigenvalue weighted by Crippen LogP contribution is 2.41. The van der Waals surface area contributed by atoms with Crippen LogP contribution < -0.4 is 5.73 Å². The van der Waals surface area contributed by atoms with Gasteiger partial charge in [0.2, 0.25) is 5.91 Å². The molecule has 4 rings (SSSR count). The number of nitro groups is 1. The molecule has 1 amide bonds. The van der Waals surface area contributed by atoms with Gasteiger partial charge in [-0.05, 0) is 17.7 Å². The predicted molar refractivity (Wildman–Crippen MR) is 110 cm³/mol. The van der Waals surface area contributed by atoms with Crippen molar-refractivity contribution in [2.24, 2.45) is 5.73 Å². The fourth-order valence-electron chi connectivity index (χ4n) is 3.50. The minimum Gasteiger partial charge on any atom is -0.456 e. The molecule has 1 unspecified atom stereocenters. The Labute approximate surface area is 175 Å². The summed E-state index contributed by atoms with van der Waals surface area (Å²) in [5, 5.41) is 10.5. The molecule has 2 saturated heterocycles. The summed E-state index contributed by atoms with van der Waals surface area (Å²) in [5.41, 5.74) is 7.62. The summed E-state index contributed by atoms with van der Waals surface area (Å²) in [6.45, 7) is 1.60. The molecule has 3 heterocycles. The third-order valence-electron chi connectivity index (χ3n) is 5.09. The van der Waals surface area contributed by atoms with Gasteiger partial charge in [-0.25, -0.2) is 4.79 Å². The smallest absolute Gasteiger partial charge is 0.357 e. The lowest BCUT2D eigenvalue weighted by atomic mass is 10.1. The second-order valence-corrected chi connectivity index (χ2v) is 9.16. The van der Waals surface area contributed by atoms with Crippen molar-refractivity contribution in [3.8, 4) is 0 Å². The van der Waals surface area contributed by atoms with E-state index in [0.717, 1.165) is 30.3 Å². The number of rotatable bonds is 5. The third-order valence-corrected chi connectivity index (χ3v) is 7.32. The van der Waals surface area contributed by atoms with Crippen LogP contribution in [0.15, 0.2) is 35.7 Å². The summed E-state index contributed by atoms with van der Waals surface area (Å²) in [5.74, 6) is 1.71. The minimum absolute atomic E-state index is 0.0275. The first-order valence-electron chi connectivity index (χ1n) is 9.14. The second kappa shape index (κ2) is 8.25. The van der Waals surface area contributed by atoms with Crippen molar-refractivity contribution < 1.29 is 19.2 Å². The number of benzene rings is 1. The molecule has 0 bridgehead atoms. The SMILES string of the molecule is NC1C(=O)N2C(C(=O)OCc3ccc([N+](=O)[O-])cc3)=C(N3CCSCC3)CS[C@H]12. The molecule has 9 nitrogen and oxygen atoms in total. The summed E-state index contributed by atoms with van der Waals surface area (Å²) >= 11 is 3.43. The van der Waals surface area contributed by atoms with Crippen molar-refractivity contribution in [2.75, 3.05) is 30.3 Å². The number of ether oxygens (including phenoxy) is 1. The number of hydrogen-bond donors (Lipinski definition) is 1. The van der Waals surface area contributed by atoms with Gasteiger partial charge in [-0.2, -0.15) is 11.8 Å². The zero-order chi connectivity index (χ0) is 20.5. The number of thioether (sulfide) groups is 2. The number of carbonyl (C=O) groups is 2. The van der Waals surface area contributed by atoms with E-state index in [1.807, 2.05) is 11.8 Å². The van der Waals surface area contributed by atoms with Crippen LogP contribution in [0.5, 0.6) is 0 Å². The van der Waals surface area contributed by atoms with E-state index in [1.54, 1.807) is 23.9 Å². The number of fused-ring (bicyclic) bond motifs is 1. The minimum atomic E-state index is -0.601. The quantitative estimate of drug-likeness (QED) is 0.314. The molecule has 2 N–H and O–H groups in total. The maximum Gasteiger partial charge on any atom is 0.357 e. The fraction of sp³-hybridized carbons (Fsp3) is 0.444. The Bertz CT molecular complexity index is 870. The van der Waals surface area contributed by atoms with Crippen LogP contribution in [0.2, 0.25) is 0 Å². The van der Waals surface area contributed by atoms with E-state index in [2.05, 4.69) is 4.90 Å².